The molecule has 0 saturated carbocycles. The van der Waals surface area contributed by atoms with E-state index in [-0.39, 0.29) is 59.0 Å². The first-order valence-corrected chi connectivity index (χ1v) is 11.7. The first-order chi connectivity index (χ1) is 15.6. The van der Waals surface area contributed by atoms with Gasteiger partial charge in [-0.2, -0.15) is 0 Å². The van der Waals surface area contributed by atoms with E-state index in [0.717, 1.165) is 43.6 Å². The molecule has 4 heterocycles. The minimum atomic E-state index is -3.79. The van der Waals surface area contributed by atoms with Gasteiger partial charge < -0.3 is 21.9 Å². The third kappa shape index (κ3) is 9.90. The summed E-state index contributed by atoms with van der Waals surface area (Å²) in [5.41, 5.74) is 3.91. The van der Waals surface area contributed by atoms with Gasteiger partial charge in [-0.15, -0.1) is 0 Å². The minimum Gasteiger partial charge on any atom is -2.00 e. The van der Waals surface area contributed by atoms with Crippen molar-refractivity contribution in [2.45, 2.75) is 0 Å². The summed E-state index contributed by atoms with van der Waals surface area (Å²) in [7, 11) is 0. The number of hydrogen-bond acceptors (Lipinski definition) is 7. The zero-order chi connectivity index (χ0) is 22.3. The van der Waals surface area contributed by atoms with Gasteiger partial charge in [-0.05, 0) is 24.3 Å². The second-order valence-electron chi connectivity index (χ2n) is 6.64. The monoisotopic (exact) mass is 654 g/mol. The predicted octanol–water partition coefficient (Wildman–Crippen LogP) is 2.21. The Balaban J connectivity index is -0.000000498. The van der Waals surface area contributed by atoms with Gasteiger partial charge >= 0.3 is 26.7 Å². The Labute approximate surface area is 245 Å². The van der Waals surface area contributed by atoms with Gasteiger partial charge in [0.05, 0.1) is 22.1 Å². The summed E-state index contributed by atoms with van der Waals surface area (Å²) in [6.45, 7) is 0. The molecule has 38 heavy (non-hydrogen) atoms. The van der Waals surface area contributed by atoms with Crippen molar-refractivity contribution < 1.29 is 71.2 Å². The van der Waals surface area contributed by atoms with Crippen molar-refractivity contribution in [2.24, 2.45) is 0 Å². The van der Waals surface area contributed by atoms with Crippen molar-refractivity contribution >= 4 is 58.1 Å². The van der Waals surface area contributed by atoms with Crippen LogP contribution in [0.1, 0.15) is 0 Å². The van der Waals surface area contributed by atoms with Gasteiger partial charge in [-0.25, -0.2) is 0 Å². The van der Waals surface area contributed by atoms with Crippen LogP contribution in [0.5, 0.6) is 0 Å². The summed E-state index contributed by atoms with van der Waals surface area (Å²) < 4.78 is 25.6. The van der Waals surface area contributed by atoms with Gasteiger partial charge in [0.15, 0.2) is 0 Å². The number of nitrogens with zero attached hydrogens (tertiary/aromatic N) is 4. The van der Waals surface area contributed by atoms with Crippen LogP contribution in [0.3, 0.4) is 0 Å². The molecule has 4 aromatic heterocycles. The molecule has 0 aliphatic rings. The molecule has 14 heteroatoms. The molecule has 2 radical (unpaired) electrons. The molecule has 6 aromatic rings. The number of benzene rings is 2. The van der Waals surface area contributed by atoms with Gasteiger partial charge in [0.1, 0.15) is 0 Å². The second-order valence-corrected chi connectivity index (χ2v) is 7.49. The summed E-state index contributed by atoms with van der Waals surface area (Å²) in [5.74, 6) is 0. The molecule has 0 unspecified atom stereocenters. The Kier molecular flexibility index (Phi) is 20.3. The zero-order valence-electron chi connectivity index (χ0n) is 19.2. The van der Waals surface area contributed by atoms with Crippen LogP contribution in [0.25, 0.3) is 43.6 Å². The number of fused-ring (bicyclic) bond motifs is 6. The third-order valence-electron chi connectivity index (χ3n) is 4.69. The minimum absolute atomic E-state index is 0. The Bertz CT molecular complexity index is 1340. The van der Waals surface area contributed by atoms with Crippen molar-refractivity contribution in [3.05, 3.63) is 97.6 Å². The summed E-state index contributed by atoms with van der Waals surface area (Å²) in [5, 5.41) is 4.55. The van der Waals surface area contributed by atoms with Crippen molar-refractivity contribution in [3.8, 4) is 0 Å². The number of hydrogen-bond donors (Lipinski definition) is 0. The van der Waals surface area contributed by atoms with Crippen LogP contribution in [0.4, 0.5) is 0 Å². The largest absolute Gasteiger partial charge is 2.00 e. The molecule has 0 N–H and O–H groups in total. The van der Waals surface area contributed by atoms with Crippen LogP contribution in [-0.2, 0) is 62.9 Å². The van der Waals surface area contributed by atoms with Gasteiger partial charge in [0.2, 0.25) is 0 Å². The van der Waals surface area contributed by atoms with E-state index in [2.05, 4.69) is 68.5 Å². The van der Waals surface area contributed by atoms with Gasteiger partial charge in [-0.3, -0.25) is 19.9 Å². The van der Waals surface area contributed by atoms with E-state index in [4.69, 9.17) is 12.2 Å². The Morgan fingerprint density at radius 2 is 0.632 bits per heavy atom. The van der Waals surface area contributed by atoms with E-state index in [1.807, 2.05) is 24.3 Å². The molecule has 11 nitrogen and oxygen atoms in total. The van der Waals surface area contributed by atoms with Gasteiger partial charge in [0, 0.05) is 83.4 Å². The molecule has 0 bridgehead atoms. The maximum atomic E-state index is 8.54. The first kappa shape index (κ1) is 39.8. The topological polar surface area (TPSA) is 229 Å². The molecule has 2 aromatic carbocycles. The summed E-state index contributed by atoms with van der Waals surface area (Å²) in [4.78, 5) is 17.4. The quantitative estimate of drug-likeness (QED) is 0.175. The first-order valence-electron chi connectivity index (χ1n) is 9.57. The predicted molar refractivity (Wildman–Crippen MR) is 123 cm³/mol. The average Bonchev–Trinajstić information content (AvgIpc) is 2.84. The summed E-state index contributed by atoms with van der Waals surface area (Å²) >= 11 is -3.79. The molecule has 0 saturated heterocycles. The molecular formula is C24H16N4O7SeV2-10. The number of pyridine rings is 4. The van der Waals surface area contributed by atoms with Crippen LogP contribution in [-0.4, -0.2) is 34.4 Å². The Hall–Kier alpha value is -2.67. The Morgan fingerprint density at radius 3 is 0.816 bits per heavy atom. The van der Waals surface area contributed by atoms with Crippen LogP contribution in [0, 0.1) is 0 Å². The fraction of sp³-hybridized carbons (Fsp3) is 0. The van der Waals surface area contributed by atoms with E-state index in [1.165, 1.54) is 0 Å². The van der Waals surface area contributed by atoms with Crippen molar-refractivity contribution in [3.63, 3.8) is 0 Å². The van der Waals surface area contributed by atoms with Crippen LogP contribution >= 0.6 is 0 Å². The van der Waals surface area contributed by atoms with Crippen molar-refractivity contribution in [1.82, 2.24) is 19.9 Å². The molecule has 6 rings (SSSR count). The Morgan fingerprint density at radius 1 is 0.447 bits per heavy atom. The van der Waals surface area contributed by atoms with Crippen LogP contribution in [0.2, 0.25) is 0 Å². The molecule has 200 valence electrons. The van der Waals surface area contributed by atoms with Gasteiger partial charge in [-0.1, -0.05) is 48.5 Å². The molecule has 0 amide bonds. The van der Waals surface area contributed by atoms with Crippen molar-refractivity contribution in [1.29, 1.82) is 0 Å². The van der Waals surface area contributed by atoms with E-state index in [9.17, 15) is 0 Å². The fourth-order valence-corrected chi connectivity index (χ4v) is 3.36. The van der Waals surface area contributed by atoms with Crippen molar-refractivity contribution in [2.75, 3.05) is 0 Å². The van der Waals surface area contributed by atoms with Crippen LogP contribution < -0.4 is 8.38 Å². The van der Waals surface area contributed by atoms with E-state index < -0.39 is 14.5 Å². The summed E-state index contributed by atoms with van der Waals surface area (Å²) in [6.07, 6.45) is 7.21. The number of rotatable bonds is 0. The molecule has 0 fully saturated rings. The SMILES string of the molecule is O=[Se]([O-])[O-].[O-2].[O-2].[O-2].[O-2].[V].[V].c1cnc2c(c1)ccc1cccnc12.c1cnc2c(c1)ccc1cccnc12. The average molecular weight is 653 g/mol. The third-order valence-corrected chi connectivity index (χ3v) is 4.69. The molecule has 0 atom stereocenters. The molecule has 0 aliphatic carbocycles. The van der Waals surface area contributed by atoms with E-state index in [1.54, 1.807) is 24.8 Å². The number of aromatic nitrogens is 4. The normalized spacial score (nSPS) is 8.92. The molecule has 0 spiro atoms. The zero-order valence-corrected chi connectivity index (χ0v) is 23.7. The van der Waals surface area contributed by atoms with Gasteiger partial charge in [0.25, 0.3) is 0 Å². The summed E-state index contributed by atoms with van der Waals surface area (Å²) in [6, 6.07) is 24.3. The fourth-order valence-electron chi connectivity index (χ4n) is 3.36. The molecular weight excluding hydrogens is 637 g/mol. The maximum absolute atomic E-state index is 8.54. The standard InChI is InChI=1S/2C12H8N2.H2O3Se.4O.2V/c2*1-3-9-5-6-10-4-2-8-14-12(10)11(9)13-7-1;1-4(2)3;;;;;;/h2*1-8H;(H2,1,2,3);;;;;;/q;;;4*-2;;/p-2. The smallest absolute Gasteiger partial charge is 0.0964 e. The second kappa shape index (κ2) is 19.4. The van der Waals surface area contributed by atoms with E-state index >= 15 is 0 Å². The molecule has 0 aliphatic heterocycles. The van der Waals surface area contributed by atoms with Crippen LogP contribution in [0.15, 0.2) is 97.6 Å². The maximum Gasteiger partial charge on any atom is 0.0964 e. The van der Waals surface area contributed by atoms with E-state index in [0.29, 0.717) is 0 Å².